The number of nitro benzene ring substituents is 1. The largest absolute Gasteiger partial charge is 0.497 e. The van der Waals surface area contributed by atoms with E-state index < -0.39 is 4.92 Å². The van der Waals surface area contributed by atoms with E-state index in [1.165, 1.54) is 18.2 Å². The molecule has 8 heteroatoms. The van der Waals surface area contributed by atoms with Crippen LogP contribution >= 0.6 is 11.6 Å². The van der Waals surface area contributed by atoms with E-state index in [0.29, 0.717) is 6.54 Å². The molecule has 0 bridgehead atoms. The summed E-state index contributed by atoms with van der Waals surface area (Å²) in [5.74, 6) is 0.416. The van der Waals surface area contributed by atoms with Crippen molar-refractivity contribution in [1.82, 2.24) is 10.2 Å². The zero-order valence-corrected chi connectivity index (χ0v) is 16.3. The fourth-order valence-electron chi connectivity index (χ4n) is 3.42. The van der Waals surface area contributed by atoms with Crippen molar-refractivity contribution < 1.29 is 14.5 Å². The lowest BCUT2D eigenvalue weighted by Gasteiger charge is -2.28. The number of nitrogens with zero attached hydrogens (tertiary/aromatic N) is 2. The number of carbonyl (C=O) groups is 1. The summed E-state index contributed by atoms with van der Waals surface area (Å²) in [5, 5.41) is 14.0. The zero-order chi connectivity index (χ0) is 20.1. The van der Waals surface area contributed by atoms with Gasteiger partial charge in [-0.3, -0.25) is 19.8 Å². The number of halogens is 1. The number of likely N-dealkylation sites (tertiary alicyclic amines) is 1. The minimum absolute atomic E-state index is 0.00901. The summed E-state index contributed by atoms with van der Waals surface area (Å²) in [5.41, 5.74) is 1.02. The summed E-state index contributed by atoms with van der Waals surface area (Å²) < 4.78 is 5.22. The van der Waals surface area contributed by atoms with Crippen molar-refractivity contribution >= 4 is 23.2 Å². The van der Waals surface area contributed by atoms with Crippen molar-refractivity contribution in [2.75, 3.05) is 26.7 Å². The highest BCUT2D eigenvalue weighted by atomic mass is 35.5. The summed E-state index contributed by atoms with van der Waals surface area (Å²) in [7, 11) is 1.62. The molecular weight excluding hydrogens is 382 g/mol. The van der Waals surface area contributed by atoms with Gasteiger partial charge in [0.25, 0.3) is 11.6 Å². The predicted molar refractivity (Wildman–Crippen MR) is 107 cm³/mol. The van der Waals surface area contributed by atoms with Gasteiger partial charge in [-0.05, 0) is 55.8 Å². The molecule has 1 saturated heterocycles. The minimum Gasteiger partial charge on any atom is -0.497 e. The van der Waals surface area contributed by atoms with E-state index in [1.807, 2.05) is 24.3 Å². The first kappa shape index (κ1) is 20.1. The molecule has 0 aromatic heterocycles. The Kier molecular flexibility index (Phi) is 6.49. The third kappa shape index (κ3) is 4.61. The Morgan fingerprint density at radius 2 is 1.93 bits per heavy atom. The summed E-state index contributed by atoms with van der Waals surface area (Å²) in [6.45, 7) is 2.35. The van der Waals surface area contributed by atoms with Gasteiger partial charge in [0.1, 0.15) is 10.8 Å². The SMILES string of the molecule is COc1ccc([C@H](CNC(=O)c2ccc(Cl)c([N+](=O)[O-])c2)N2CCCC2)cc1. The third-order valence-electron chi connectivity index (χ3n) is 4.94. The third-order valence-corrected chi connectivity index (χ3v) is 5.26. The topological polar surface area (TPSA) is 84.7 Å². The lowest BCUT2D eigenvalue weighted by Crippen LogP contribution is -2.36. The van der Waals surface area contributed by atoms with Crippen molar-refractivity contribution in [3.8, 4) is 5.75 Å². The van der Waals surface area contributed by atoms with Gasteiger partial charge < -0.3 is 10.1 Å². The molecule has 1 fully saturated rings. The average molecular weight is 404 g/mol. The van der Waals surface area contributed by atoms with E-state index >= 15 is 0 Å². The second kappa shape index (κ2) is 9.03. The normalized spacial score (nSPS) is 15.2. The number of hydrogen-bond donors (Lipinski definition) is 1. The quantitative estimate of drug-likeness (QED) is 0.561. The molecule has 1 aliphatic heterocycles. The van der Waals surface area contributed by atoms with Gasteiger partial charge in [-0.1, -0.05) is 23.7 Å². The fourth-order valence-corrected chi connectivity index (χ4v) is 3.61. The number of benzene rings is 2. The second-order valence-corrected chi connectivity index (χ2v) is 7.07. The maximum absolute atomic E-state index is 12.6. The maximum atomic E-state index is 12.6. The van der Waals surface area contributed by atoms with Gasteiger partial charge in [-0.15, -0.1) is 0 Å². The molecule has 0 spiro atoms. The maximum Gasteiger partial charge on any atom is 0.288 e. The van der Waals surface area contributed by atoms with E-state index in [2.05, 4.69) is 10.2 Å². The minimum atomic E-state index is -0.594. The zero-order valence-electron chi connectivity index (χ0n) is 15.6. The van der Waals surface area contributed by atoms with Crippen molar-refractivity contribution in [3.63, 3.8) is 0 Å². The number of hydrogen-bond acceptors (Lipinski definition) is 5. The first-order valence-electron chi connectivity index (χ1n) is 9.09. The molecule has 7 nitrogen and oxygen atoms in total. The number of carbonyl (C=O) groups excluding carboxylic acids is 1. The second-order valence-electron chi connectivity index (χ2n) is 6.67. The van der Waals surface area contributed by atoms with Crippen LogP contribution in [0.5, 0.6) is 5.75 Å². The van der Waals surface area contributed by atoms with Crippen LogP contribution in [0.1, 0.15) is 34.8 Å². The van der Waals surface area contributed by atoms with E-state index in [-0.39, 0.29) is 28.2 Å². The molecule has 1 aliphatic rings. The standard InChI is InChI=1S/C20H22ClN3O4/c1-28-16-7-4-14(5-8-16)19(23-10-2-3-11-23)13-22-20(25)15-6-9-17(21)18(12-15)24(26)27/h4-9,12,19H,2-3,10-11,13H2,1H3,(H,22,25)/t19-/m0/s1. The number of methoxy groups -OCH3 is 1. The summed E-state index contributed by atoms with van der Waals surface area (Å²) in [6, 6.07) is 11.9. The van der Waals surface area contributed by atoms with Gasteiger partial charge in [0.15, 0.2) is 0 Å². The van der Waals surface area contributed by atoms with Crippen LogP contribution < -0.4 is 10.1 Å². The molecule has 3 rings (SSSR count). The van der Waals surface area contributed by atoms with Crippen molar-refractivity contribution in [1.29, 1.82) is 0 Å². The highest BCUT2D eigenvalue weighted by Gasteiger charge is 2.24. The van der Waals surface area contributed by atoms with Gasteiger partial charge >= 0.3 is 0 Å². The highest BCUT2D eigenvalue weighted by Crippen LogP contribution is 2.27. The first-order valence-corrected chi connectivity index (χ1v) is 9.47. The highest BCUT2D eigenvalue weighted by molar-refractivity contribution is 6.32. The molecule has 0 unspecified atom stereocenters. The lowest BCUT2D eigenvalue weighted by molar-refractivity contribution is -0.384. The molecule has 1 N–H and O–H groups in total. The van der Waals surface area contributed by atoms with E-state index in [4.69, 9.17) is 16.3 Å². The van der Waals surface area contributed by atoms with Gasteiger partial charge in [0, 0.05) is 18.2 Å². The van der Waals surface area contributed by atoms with Crippen LogP contribution in [0.4, 0.5) is 5.69 Å². The summed E-state index contributed by atoms with van der Waals surface area (Å²) in [4.78, 5) is 25.4. The average Bonchev–Trinajstić information content (AvgIpc) is 3.23. The Bertz CT molecular complexity index is 851. The molecule has 0 saturated carbocycles. The number of nitro groups is 1. The van der Waals surface area contributed by atoms with Crippen LogP contribution in [0.2, 0.25) is 5.02 Å². The van der Waals surface area contributed by atoms with Crippen LogP contribution in [0.15, 0.2) is 42.5 Å². The molecule has 0 aliphatic carbocycles. The number of amides is 1. The van der Waals surface area contributed by atoms with E-state index in [0.717, 1.165) is 37.2 Å². The van der Waals surface area contributed by atoms with E-state index in [9.17, 15) is 14.9 Å². The molecule has 1 atom stereocenters. The van der Waals surface area contributed by atoms with Crippen LogP contribution in [0.25, 0.3) is 0 Å². The Labute approximate surface area is 168 Å². The molecule has 28 heavy (non-hydrogen) atoms. The number of rotatable bonds is 7. The predicted octanol–water partition coefficient (Wildman–Crippen LogP) is 3.82. The van der Waals surface area contributed by atoms with Crippen molar-refractivity contribution in [3.05, 3.63) is 68.7 Å². The molecule has 2 aromatic rings. The van der Waals surface area contributed by atoms with E-state index in [1.54, 1.807) is 7.11 Å². The Morgan fingerprint density at radius 3 is 2.54 bits per heavy atom. The van der Waals surface area contributed by atoms with Gasteiger partial charge in [-0.2, -0.15) is 0 Å². The molecular formula is C20H22ClN3O4. The summed E-state index contributed by atoms with van der Waals surface area (Å²) in [6.07, 6.45) is 2.26. The van der Waals surface area contributed by atoms with Crippen molar-refractivity contribution in [2.24, 2.45) is 0 Å². The van der Waals surface area contributed by atoms with Crippen LogP contribution in [-0.2, 0) is 0 Å². The molecule has 148 valence electrons. The fraction of sp³-hybridized carbons (Fsp3) is 0.350. The molecule has 2 aromatic carbocycles. The lowest BCUT2D eigenvalue weighted by atomic mass is 10.0. The molecule has 0 radical (unpaired) electrons. The number of ether oxygens (including phenoxy) is 1. The Morgan fingerprint density at radius 1 is 1.25 bits per heavy atom. The van der Waals surface area contributed by atoms with Gasteiger partial charge in [0.05, 0.1) is 18.1 Å². The van der Waals surface area contributed by atoms with Gasteiger partial charge in [-0.25, -0.2) is 0 Å². The van der Waals surface area contributed by atoms with Gasteiger partial charge in [0.2, 0.25) is 0 Å². The number of nitrogens with one attached hydrogen (secondary N) is 1. The molecule has 1 heterocycles. The first-order chi connectivity index (χ1) is 13.5. The smallest absolute Gasteiger partial charge is 0.288 e. The monoisotopic (exact) mass is 403 g/mol. The van der Waals surface area contributed by atoms with Crippen LogP contribution in [-0.4, -0.2) is 42.5 Å². The Balaban J connectivity index is 1.75. The van der Waals surface area contributed by atoms with Crippen LogP contribution in [0.3, 0.4) is 0 Å². The van der Waals surface area contributed by atoms with Crippen LogP contribution in [0, 0.1) is 10.1 Å². The Hall–Kier alpha value is -2.64. The molecule has 1 amide bonds. The summed E-state index contributed by atoms with van der Waals surface area (Å²) >= 11 is 5.82. The van der Waals surface area contributed by atoms with Crippen molar-refractivity contribution in [2.45, 2.75) is 18.9 Å².